The molecule has 2 heterocycles. The number of hydrogen-bond donors (Lipinski definition) is 1. The van der Waals surface area contributed by atoms with Crippen LogP contribution in [0.3, 0.4) is 0 Å². The molecule has 2 saturated heterocycles. The minimum Gasteiger partial charge on any atom is -0.341 e. The van der Waals surface area contributed by atoms with Crippen molar-refractivity contribution in [2.75, 3.05) is 39.3 Å². The van der Waals surface area contributed by atoms with Gasteiger partial charge in [-0.1, -0.05) is 19.8 Å². The number of hydrogen-bond acceptors (Lipinski definition) is 3. The van der Waals surface area contributed by atoms with Gasteiger partial charge in [0.05, 0.1) is 0 Å². The van der Waals surface area contributed by atoms with Gasteiger partial charge in [0.2, 0.25) is 5.91 Å². The predicted octanol–water partition coefficient (Wildman–Crippen LogP) is 1.71. The maximum absolute atomic E-state index is 12.5. The van der Waals surface area contributed by atoms with Crippen LogP contribution in [0.15, 0.2) is 0 Å². The van der Waals surface area contributed by atoms with E-state index in [9.17, 15) is 4.79 Å². The van der Waals surface area contributed by atoms with Gasteiger partial charge in [0.1, 0.15) is 0 Å². The molecule has 1 amide bonds. The van der Waals surface area contributed by atoms with Crippen LogP contribution in [0, 0.1) is 11.8 Å². The first kappa shape index (κ1) is 15.3. The van der Waals surface area contributed by atoms with Crippen LogP contribution in [0.4, 0.5) is 0 Å². The van der Waals surface area contributed by atoms with E-state index >= 15 is 0 Å². The molecule has 2 aliphatic heterocycles. The molecule has 0 spiro atoms. The van der Waals surface area contributed by atoms with Gasteiger partial charge in [-0.15, -0.1) is 0 Å². The van der Waals surface area contributed by atoms with Gasteiger partial charge in [0.25, 0.3) is 0 Å². The number of nitrogens with zero attached hydrogens (tertiary/aromatic N) is 2. The molecule has 3 aliphatic rings. The van der Waals surface area contributed by atoms with Crippen molar-refractivity contribution in [3.05, 3.63) is 0 Å². The molecule has 3 fully saturated rings. The molecule has 0 aromatic carbocycles. The third-order valence-corrected chi connectivity index (χ3v) is 5.78. The molecule has 1 atom stereocenters. The highest BCUT2D eigenvalue weighted by Crippen LogP contribution is 2.31. The Bertz CT molecular complexity index is 346. The van der Waals surface area contributed by atoms with Crippen molar-refractivity contribution >= 4 is 5.91 Å². The summed E-state index contributed by atoms with van der Waals surface area (Å²) in [4.78, 5) is 17.2. The lowest BCUT2D eigenvalue weighted by molar-refractivity contribution is -0.131. The molecular formula is C17H31N3O. The summed E-state index contributed by atoms with van der Waals surface area (Å²) in [5.74, 6) is 1.96. The fraction of sp³-hybridized carbons (Fsp3) is 0.941. The number of rotatable bonds is 3. The van der Waals surface area contributed by atoms with Gasteiger partial charge in [-0.3, -0.25) is 9.69 Å². The minimum atomic E-state index is 0.423. The summed E-state index contributed by atoms with van der Waals surface area (Å²) < 4.78 is 0. The van der Waals surface area contributed by atoms with E-state index in [-0.39, 0.29) is 0 Å². The van der Waals surface area contributed by atoms with E-state index in [1.165, 1.54) is 32.1 Å². The van der Waals surface area contributed by atoms with Gasteiger partial charge >= 0.3 is 0 Å². The van der Waals surface area contributed by atoms with E-state index in [1.807, 2.05) is 0 Å². The maximum atomic E-state index is 12.5. The van der Waals surface area contributed by atoms with E-state index in [0.29, 0.717) is 17.9 Å². The van der Waals surface area contributed by atoms with Gasteiger partial charge < -0.3 is 10.2 Å². The minimum absolute atomic E-state index is 0.423. The number of piperazine rings is 1. The van der Waals surface area contributed by atoms with Crippen molar-refractivity contribution in [2.45, 2.75) is 51.5 Å². The second-order valence-corrected chi connectivity index (χ2v) is 7.40. The molecule has 0 aromatic rings. The van der Waals surface area contributed by atoms with E-state index in [0.717, 1.165) is 51.6 Å². The van der Waals surface area contributed by atoms with Gasteiger partial charge in [0, 0.05) is 51.7 Å². The molecular weight excluding hydrogens is 262 g/mol. The third kappa shape index (κ3) is 3.98. The molecule has 1 unspecified atom stereocenters. The quantitative estimate of drug-likeness (QED) is 0.860. The first-order chi connectivity index (χ1) is 10.2. The van der Waals surface area contributed by atoms with Crippen LogP contribution < -0.4 is 5.32 Å². The van der Waals surface area contributed by atoms with Crippen LogP contribution in [-0.2, 0) is 4.79 Å². The fourth-order valence-corrected chi connectivity index (χ4v) is 4.22. The van der Waals surface area contributed by atoms with Crippen molar-refractivity contribution in [3.63, 3.8) is 0 Å². The lowest BCUT2D eigenvalue weighted by Crippen LogP contribution is -2.49. The van der Waals surface area contributed by atoms with Crippen molar-refractivity contribution < 1.29 is 4.79 Å². The molecule has 0 radical (unpaired) electrons. The summed E-state index contributed by atoms with van der Waals surface area (Å²) in [6.45, 7) is 8.80. The first-order valence-corrected chi connectivity index (χ1v) is 8.95. The molecule has 0 aromatic heterocycles. The van der Waals surface area contributed by atoms with E-state index in [1.54, 1.807) is 0 Å². The third-order valence-electron chi connectivity index (χ3n) is 5.78. The lowest BCUT2D eigenvalue weighted by atomic mass is 9.81. The smallest absolute Gasteiger partial charge is 0.222 e. The van der Waals surface area contributed by atoms with Gasteiger partial charge in [-0.05, 0) is 31.1 Å². The molecule has 1 aliphatic carbocycles. The van der Waals surface area contributed by atoms with Crippen molar-refractivity contribution in [2.24, 2.45) is 11.8 Å². The van der Waals surface area contributed by atoms with Crippen LogP contribution in [0.5, 0.6) is 0 Å². The Labute approximate surface area is 129 Å². The van der Waals surface area contributed by atoms with Crippen LogP contribution in [0.25, 0.3) is 0 Å². The van der Waals surface area contributed by atoms with Gasteiger partial charge in [0.15, 0.2) is 0 Å². The summed E-state index contributed by atoms with van der Waals surface area (Å²) in [6.07, 6.45) is 7.15. The highest BCUT2D eigenvalue weighted by Gasteiger charge is 2.32. The van der Waals surface area contributed by atoms with E-state index in [4.69, 9.17) is 0 Å². The van der Waals surface area contributed by atoms with Crippen molar-refractivity contribution in [3.8, 4) is 0 Å². The normalized spacial score (nSPS) is 35.1. The lowest BCUT2D eigenvalue weighted by Gasteiger charge is -2.32. The Morgan fingerprint density at radius 1 is 1.05 bits per heavy atom. The van der Waals surface area contributed by atoms with Gasteiger partial charge in [-0.2, -0.15) is 0 Å². The molecule has 4 nitrogen and oxygen atoms in total. The fourth-order valence-electron chi connectivity index (χ4n) is 4.22. The number of likely N-dealkylation sites (tertiary alicyclic amines) is 1. The summed E-state index contributed by atoms with van der Waals surface area (Å²) in [7, 11) is 0. The average Bonchev–Trinajstić information content (AvgIpc) is 3.00. The Kier molecular flexibility index (Phi) is 5.17. The number of carbonyl (C=O) groups is 1. The molecule has 21 heavy (non-hydrogen) atoms. The van der Waals surface area contributed by atoms with Crippen LogP contribution in [0.1, 0.15) is 45.4 Å². The molecule has 4 heteroatoms. The van der Waals surface area contributed by atoms with E-state index in [2.05, 4.69) is 22.0 Å². The number of amides is 1. The zero-order valence-electron chi connectivity index (χ0n) is 13.5. The number of nitrogens with one attached hydrogen (secondary N) is 1. The average molecular weight is 293 g/mol. The van der Waals surface area contributed by atoms with E-state index < -0.39 is 0 Å². The summed E-state index contributed by atoms with van der Waals surface area (Å²) in [5.41, 5.74) is 0. The van der Waals surface area contributed by atoms with Crippen LogP contribution in [0.2, 0.25) is 0 Å². The Morgan fingerprint density at radius 3 is 2.48 bits per heavy atom. The number of carbonyl (C=O) groups excluding carboxylic acids is 1. The van der Waals surface area contributed by atoms with Crippen LogP contribution >= 0.6 is 0 Å². The topological polar surface area (TPSA) is 35.6 Å². The predicted molar refractivity (Wildman–Crippen MR) is 85.2 cm³/mol. The first-order valence-electron chi connectivity index (χ1n) is 8.95. The Balaban J connectivity index is 1.43. The Hall–Kier alpha value is -0.610. The zero-order chi connectivity index (χ0) is 14.7. The summed E-state index contributed by atoms with van der Waals surface area (Å²) >= 11 is 0. The summed E-state index contributed by atoms with van der Waals surface area (Å²) in [6, 6.07) is 0.613. The maximum Gasteiger partial charge on any atom is 0.222 e. The highest BCUT2D eigenvalue weighted by atomic mass is 16.2. The molecule has 3 rings (SSSR count). The SMILES string of the molecule is CC1CCC(CC(=O)N2CCC(N3CCNCC3)C2)CC1. The largest absolute Gasteiger partial charge is 0.341 e. The molecule has 0 bridgehead atoms. The summed E-state index contributed by atoms with van der Waals surface area (Å²) in [5, 5.41) is 3.41. The molecule has 1 N–H and O–H groups in total. The Morgan fingerprint density at radius 2 is 1.76 bits per heavy atom. The van der Waals surface area contributed by atoms with Crippen LogP contribution in [-0.4, -0.2) is 61.0 Å². The molecule has 1 saturated carbocycles. The second kappa shape index (κ2) is 7.10. The highest BCUT2D eigenvalue weighted by molar-refractivity contribution is 5.76. The van der Waals surface area contributed by atoms with Crippen molar-refractivity contribution in [1.29, 1.82) is 0 Å². The standard InChI is InChI=1S/C17H31N3O/c1-14-2-4-15(5-3-14)12-17(21)20-9-6-16(13-20)19-10-7-18-8-11-19/h14-16,18H,2-13H2,1H3. The molecule has 120 valence electrons. The monoisotopic (exact) mass is 293 g/mol. The zero-order valence-corrected chi connectivity index (χ0v) is 13.5. The second-order valence-electron chi connectivity index (χ2n) is 7.40. The van der Waals surface area contributed by atoms with Gasteiger partial charge in [-0.25, -0.2) is 0 Å². The van der Waals surface area contributed by atoms with Crippen molar-refractivity contribution in [1.82, 2.24) is 15.1 Å².